The van der Waals surface area contributed by atoms with Gasteiger partial charge in [0, 0.05) is 23.4 Å². The molecule has 0 spiro atoms. The summed E-state index contributed by atoms with van der Waals surface area (Å²) in [6, 6.07) is 3.15. The molecule has 0 aromatic heterocycles. The molecule has 0 saturated heterocycles. The van der Waals surface area contributed by atoms with Crippen molar-refractivity contribution in [2.24, 2.45) is 11.3 Å². The Hall–Kier alpha value is -2.39. The number of esters is 1. The van der Waals surface area contributed by atoms with Gasteiger partial charge in [-0.05, 0) is 44.4 Å². The van der Waals surface area contributed by atoms with Crippen molar-refractivity contribution in [1.29, 1.82) is 0 Å². The van der Waals surface area contributed by atoms with Crippen LogP contribution in [0.5, 0.6) is 0 Å². The third-order valence-corrected chi connectivity index (χ3v) is 6.06. The first kappa shape index (κ1) is 21.3. The van der Waals surface area contributed by atoms with Crippen LogP contribution in [0.15, 0.2) is 41.5 Å². The summed E-state index contributed by atoms with van der Waals surface area (Å²) in [4.78, 5) is 12.8. The van der Waals surface area contributed by atoms with Gasteiger partial charge in [0.1, 0.15) is 6.10 Å². The van der Waals surface area contributed by atoms with Crippen molar-refractivity contribution in [3.05, 3.63) is 57.5 Å². The largest absolute Gasteiger partial charge is 0.769 e. The maximum atomic E-state index is 12.8. The second kappa shape index (κ2) is 7.79. The van der Waals surface area contributed by atoms with Crippen LogP contribution in [0.2, 0.25) is 0 Å². The smallest absolute Gasteiger partial charge is 0.338 e. The average molecular weight is 402 g/mol. The molecular weight excluding hydrogens is 376 g/mol. The number of nitrogens with zero attached hydrogens (tertiary/aromatic N) is 2. The molecule has 1 aromatic carbocycles. The van der Waals surface area contributed by atoms with Crippen LogP contribution in [0, 0.1) is 21.7 Å². The standard InChI is InChI=1S/C21H26N2O6/c1-12-5-6-17-13(2)7-19(21(3,4)11-18(12)17)29-20(24)14-8-15(22(25)26)10-16(9-14)23(27)28/h8-10,17,19,25-26H,2,5-7,11H2,1,3-4H3/q-2/t17-,19+/m1/s1. The number of benzene rings is 1. The quantitative estimate of drug-likeness (QED) is 0.422. The van der Waals surface area contributed by atoms with Gasteiger partial charge < -0.3 is 20.4 Å². The van der Waals surface area contributed by atoms with E-state index in [-0.39, 0.29) is 21.9 Å². The van der Waals surface area contributed by atoms with E-state index in [0.29, 0.717) is 12.3 Å². The number of ether oxygens (including phenoxy) is 1. The van der Waals surface area contributed by atoms with E-state index in [1.54, 1.807) is 0 Å². The molecule has 1 aromatic rings. The van der Waals surface area contributed by atoms with Gasteiger partial charge in [-0.3, -0.25) is 10.4 Å². The maximum Gasteiger partial charge on any atom is 0.338 e. The Morgan fingerprint density at radius 3 is 2.52 bits per heavy atom. The summed E-state index contributed by atoms with van der Waals surface area (Å²) in [5.41, 5.74) is 2.60. The van der Waals surface area contributed by atoms with Crippen LogP contribution < -0.4 is 10.5 Å². The predicted octanol–water partition coefficient (Wildman–Crippen LogP) is 4.70. The van der Waals surface area contributed by atoms with Gasteiger partial charge in [0.05, 0.1) is 11.3 Å². The summed E-state index contributed by atoms with van der Waals surface area (Å²) in [6.45, 7) is 10.5. The molecule has 2 atom stereocenters. The van der Waals surface area contributed by atoms with Crippen molar-refractivity contribution < 1.29 is 19.9 Å². The Bertz CT molecular complexity index is 832. The van der Waals surface area contributed by atoms with E-state index in [1.165, 1.54) is 11.1 Å². The number of allylic oxidation sites excluding steroid dienone is 2. The summed E-state index contributed by atoms with van der Waals surface area (Å²) >= 11 is 0. The van der Waals surface area contributed by atoms with Gasteiger partial charge in [-0.2, -0.15) is 0 Å². The van der Waals surface area contributed by atoms with Gasteiger partial charge in [-0.25, -0.2) is 4.79 Å². The first-order valence-corrected chi connectivity index (χ1v) is 9.54. The Labute approximate surface area is 169 Å². The number of anilines is 2. The van der Waals surface area contributed by atoms with E-state index in [2.05, 4.69) is 13.5 Å². The van der Waals surface area contributed by atoms with Gasteiger partial charge in [0.25, 0.3) is 0 Å². The lowest BCUT2D eigenvalue weighted by Crippen LogP contribution is -2.33. The lowest BCUT2D eigenvalue weighted by molar-refractivity contribution is -0.00589. The average Bonchev–Trinajstić information content (AvgIpc) is 2.96. The number of carbonyl (C=O) groups excluding carboxylic acids is 1. The molecule has 2 aliphatic rings. The molecule has 0 radical (unpaired) electrons. The van der Waals surface area contributed by atoms with Gasteiger partial charge in [-0.15, -0.1) is 5.23 Å². The minimum atomic E-state index is -0.750. The summed E-state index contributed by atoms with van der Waals surface area (Å²) in [7, 11) is 0. The summed E-state index contributed by atoms with van der Waals surface area (Å²) in [6.07, 6.45) is 2.97. The minimum Gasteiger partial charge on any atom is -0.769 e. The minimum absolute atomic E-state index is 0.122. The molecule has 0 bridgehead atoms. The molecule has 2 aliphatic carbocycles. The Morgan fingerprint density at radius 1 is 1.24 bits per heavy atom. The van der Waals surface area contributed by atoms with E-state index in [1.807, 2.05) is 13.8 Å². The molecule has 0 aliphatic heterocycles. The van der Waals surface area contributed by atoms with Crippen molar-refractivity contribution in [2.75, 3.05) is 10.5 Å². The molecule has 0 amide bonds. The first-order chi connectivity index (χ1) is 13.5. The molecule has 8 nitrogen and oxygen atoms in total. The van der Waals surface area contributed by atoms with Gasteiger partial charge >= 0.3 is 5.97 Å². The van der Waals surface area contributed by atoms with Gasteiger partial charge in [0.15, 0.2) is 0 Å². The zero-order valence-electron chi connectivity index (χ0n) is 16.8. The molecule has 158 valence electrons. The van der Waals surface area contributed by atoms with Crippen LogP contribution >= 0.6 is 0 Å². The fourth-order valence-corrected chi connectivity index (χ4v) is 4.31. The van der Waals surface area contributed by atoms with E-state index >= 15 is 0 Å². The maximum absolute atomic E-state index is 12.8. The first-order valence-electron chi connectivity index (χ1n) is 9.54. The summed E-state index contributed by atoms with van der Waals surface area (Å²) < 4.78 is 5.79. The summed E-state index contributed by atoms with van der Waals surface area (Å²) in [5.74, 6) is -0.430. The van der Waals surface area contributed by atoms with E-state index < -0.39 is 23.0 Å². The molecule has 8 heteroatoms. The lowest BCUT2D eigenvalue weighted by Gasteiger charge is -2.38. The van der Waals surface area contributed by atoms with Crippen LogP contribution in [0.3, 0.4) is 0 Å². The Morgan fingerprint density at radius 2 is 1.90 bits per heavy atom. The van der Waals surface area contributed by atoms with E-state index in [9.17, 15) is 25.6 Å². The molecule has 29 heavy (non-hydrogen) atoms. The van der Waals surface area contributed by atoms with Crippen molar-refractivity contribution in [2.45, 2.75) is 52.6 Å². The second-order valence-electron chi connectivity index (χ2n) is 8.60. The molecule has 0 unspecified atom stereocenters. The lowest BCUT2D eigenvalue weighted by atomic mass is 9.80. The van der Waals surface area contributed by atoms with Gasteiger partial charge in [0.2, 0.25) is 0 Å². The molecular formula is C21H26N2O6-2. The van der Waals surface area contributed by atoms with Crippen molar-refractivity contribution in [1.82, 2.24) is 0 Å². The number of rotatable bonds is 4. The zero-order chi connectivity index (χ0) is 21.5. The SMILES string of the molecule is C=C1C[C@H](OC(=O)c2cc(N([O-])[O-])cc(N(O)O)c2)C(C)(C)CC2=C(C)CC[C@H]12. The highest BCUT2D eigenvalue weighted by Crippen LogP contribution is 2.49. The van der Waals surface area contributed by atoms with E-state index in [4.69, 9.17) is 4.74 Å². The summed E-state index contributed by atoms with van der Waals surface area (Å²) in [5, 5.41) is 39.7. The molecule has 0 heterocycles. The third-order valence-electron chi connectivity index (χ3n) is 6.06. The highest BCUT2D eigenvalue weighted by Gasteiger charge is 2.42. The number of hydrogen-bond acceptors (Lipinski definition) is 8. The fraction of sp³-hybridized carbons (Fsp3) is 0.476. The monoisotopic (exact) mass is 402 g/mol. The van der Waals surface area contributed by atoms with Crippen LogP contribution in [0.25, 0.3) is 0 Å². The van der Waals surface area contributed by atoms with Crippen molar-refractivity contribution in [3.63, 3.8) is 0 Å². The van der Waals surface area contributed by atoms with Crippen molar-refractivity contribution in [3.8, 4) is 0 Å². The molecule has 1 fully saturated rings. The molecule has 1 saturated carbocycles. The molecule has 3 rings (SSSR count). The fourth-order valence-electron chi connectivity index (χ4n) is 4.31. The van der Waals surface area contributed by atoms with Crippen LogP contribution in [0.1, 0.15) is 56.8 Å². The van der Waals surface area contributed by atoms with Crippen LogP contribution in [0.4, 0.5) is 11.4 Å². The zero-order valence-corrected chi connectivity index (χ0v) is 16.8. The van der Waals surface area contributed by atoms with Crippen molar-refractivity contribution >= 4 is 17.3 Å². The molecule has 2 N–H and O–H groups in total. The number of hydrogen-bond donors (Lipinski definition) is 2. The number of fused-ring (bicyclic) bond motifs is 1. The highest BCUT2D eigenvalue weighted by molar-refractivity contribution is 5.92. The van der Waals surface area contributed by atoms with Crippen LogP contribution in [-0.4, -0.2) is 22.5 Å². The Kier molecular flexibility index (Phi) is 5.73. The third kappa shape index (κ3) is 4.30. The predicted molar refractivity (Wildman–Crippen MR) is 108 cm³/mol. The number of carbonyl (C=O) groups is 1. The topological polar surface area (TPSA) is 119 Å². The van der Waals surface area contributed by atoms with Crippen LogP contribution in [-0.2, 0) is 4.74 Å². The Balaban J connectivity index is 1.88. The van der Waals surface area contributed by atoms with E-state index in [0.717, 1.165) is 43.0 Å². The van der Waals surface area contributed by atoms with Gasteiger partial charge in [-0.1, -0.05) is 37.1 Å². The highest BCUT2D eigenvalue weighted by atomic mass is 16.8. The second-order valence-corrected chi connectivity index (χ2v) is 8.60. The normalized spacial score (nSPS) is 23.5.